The van der Waals surface area contributed by atoms with Gasteiger partial charge in [0.15, 0.2) is 0 Å². The van der Waals surface area contributed by atoms with E-state index in [1.54, 1.807) is 7.05 Å². The second kappa shape index (κ2) is 2.60. The largest absolute Gasteiger partial charge is 0.359 e. The Morgan fingerprint density at radius 1 is 1.60 bits per heavy atom. The third kappa shape index (κ3) is 1.31. The molecule has 1 aliphatic carbocycles. The summed E-state index contributed by atoms with van der Waals surface area (Å²) >= 11 is 0. The molecule has 0 aromatic rings. The molecule has 1 amide bonds. The van der Waals surface area contributed by atoms with Crippen molar-refractivity contribution in [2.45, 2.75) is 20.3 Å². The van der Waals surface area contributed by atoms with Gasteiger partial charge in [-0.2, -0.15) is 0 Å². The lowest BCUT2D eigenvalue weighted by molar-refractivity contribution is -0.122. The van der Waals surface area contributed by atoms with Crippen LogP contribution in [-0.2, 0) is 4.79 Å². The Balaban J connectivity index is 2.31. The molecule has 1 rings (SSSR count). The first-order chi connectivity index (χ1) is 4.66. The number of amides is 1. The van der Waals surface area contributed by atoms with Crippen LogP contribution in [0.15, 0.2) is 0 Å². The van der Waals surface area contributed by atoms with Crippen LogP contribution < -0.4 is 5.32 Å². The maximum Gasteiger partial charge on any atom is 0.223 e. The van der Waals surface area contributed by atoms with E-state index in [2.05, 4.69) is 19.2 Å². The molecule has 2 unspecified atom stereocenters. The smallest absolute Gasteiger partial charge is 0.223 e. The van der Waals surface area contributed by atoms with E-state index in [0.29, 0.717) is 17.8 Å². The van der Waals surface area contributed by atoms with E-state index in [-0.39, 0.29) is 5.91 Å². The van der Waals surface area contributed by atoms with Gasteiger partial charge >= 0.3 is 0 Å². The SMILES string of the molecule is CNC(=O)C1CC1C(C)C. The van der Waals surface area contributed by atoms with Crippen LogP contribution in [0.5, 0.6) is 0 Å². The highest BCUT2D eigenvalue weighted by atomic mass is 16.1. The quantitative estimate of drug-likeness (QED) is 0.611. The van der Waals surface area contributed by atoms with E-state index in [1.165, 1.54) is 0 Å². The topological polar surface area (TPSA) is 29.1 Å². The predicted octanol–water partition coefficient (Wildman–Crippen LogP) is 1.02. The number of carbonyl (C=O) groups is 1. The van der Waals surface area contributed by atoms with Gasteiger partial charge in [-0.15, -0.1) is 0 Å². The van der Waals surface area contributed by atoms with Gasteiger partial charge in [-0.1, -0.05) is 13.8 Å². The minimum atomic E-state index is 0.221. The highest BCUT2D eigenvalue weighted by Crippen LogP contribution is 2.43. The fraction of sp³-hybridized carbons (Fsp3) is 0.875. The summed E-state index contributed by atoms with van der Waals surface area (Å²) in [5.41, 5.74) is 0. The van der Waals surface area contributed by atoms with Crippen LogP contribution in [0.4, 0.5) is 0 Å². The van der Waals surface area contributed by atoms with Crippen molar-refractivity contribution in [3.8, 4) is 0 Å². The van der Waals surface area contributed by atoms with Crippen molar-refractivity contribution in [3.63, 3.8) is 0 Å². The minimum absolute atomic E-state index is 0.221. The fourth-order valence-corrected chi connectivity index (χ4v) is 1.44. The summed E-state index contributed by atoms with van der Waals surface area (Å²) in [6.45, 7) is 4.35. The molecule has 2 heteroatoms. The minimum Gasteiger partial charge on any atom is -0.359 e. The number of hydrogen-bond donors (Lipinski definition) is 1. The average Bonchev–Trinajstić information content (AvgIpc) is 2.64. The van der Waals surface area contributed by atoms with Gasteiger partial charge in [-0.05, 0) is 18.3 Å². The van der Waals surface area contributed by atoms with Gasteiger partial charge < -0.3 is 5.32 Å². The molecule has 58 valence electrons. The molecule has 0 aromatic carbocycles. The number of carbonyl (C=O) groups excluding carboxylic acids is 1. The Bertz CT molecular complexity index is 142. The molecule has 0 radical (unpaired) electrons. The van der Waals surface area contributed by atoms with Crippen molar-refractivity contribution >= 4 is 5.91 Å². The highest BCUT2D eigenvalue weighted by molar-refractivity contribution is 5.81. The van der Waals surface area contributed by atoms with Crippen molar-refractivity contribution in [2.75, 3.05) is 7.05 Å². The van der Waals surface area contributed by atoms with Crippen LogP contribution in [0.3, 0.4) is 0 Å². The maximum atomic E-state index is 11.0. The summed E-state index contributed by atoms with van der Waals surface area (Å²) in [7, 11) is 1.71. The average molecular weight is 141 g/mol. The van der Waals surface area contributed by atoms with Crippen LogP contribution in [0, 0.1) is 17.8 Å². The van der Waals surface area contributed by atoms with E-state index >= 15 is 0 Å². The van der Waals surface area contributed by atoms with Crippen LogP contribution in [0.1, 0.15) is 20.3 Å². The van der Waals surface area contributed by atoms with Crippen molar-refractivity contribution in [3.05, 3.63) is 0 Å². The van der Waals surface area contributed by atoms with Crippen LogP contribution in [0.2, 0.25) is 0 Å². The maximum absolute atomic E-state index is 11.0. The van der Waals surface area contributed by atoms with Crippen LogP contribution in [0.25, 0.3) is 0 Å². The van der Waals surface area contributed by atoms with Crippen molar-refractivity contribution in [2.24, 2.45) is 17.8 Å². The molecular weight excluding hydrogens is 126 g/mol. The monoisotopic (exact) mass is 141 g/mol. The molecule has 0 aliphatic heterocycles. The lowest BCUT2D eigenvalue weighted by atomic mass is 10.1. The molecule has 0 heterocycles. The van der Waals surface area contributed by atoms with E-state index in [9.17, 15) is 4.79 Å². The molecule has 0 aromatic heterocycles. The molecule has 1 fully saturated rings. The van der Waals surface area contributed by atoms with E-state index < -0.39 is 0 Å². The molecule has 0 bridgehead atoms. The van der Waals surface area contributed by atoms with Gasteiger partial charge in [0.25, 0.3) is 0 Å². The number of nitrogens with one attached hydrogen (secondary N) is 1. The summed E-state index contributed by atoms with van der Waals surface area (Å²) in [5.74, 6) is 1.87. The Kier molecular flexibility index (Phi) is 1.97. The van der Waals surface area contributed by atoms with Gasteiger partial charge in [0, 0.05) is 13.0 Å². The first-order valence-corrected chi connectivity index (χ1v) is 3.88. The normalized spacial score (nSPS) is 30.4. The first-order valence-electron chi connectivity index (χ1n) is 3.88. The highest BCUT2D eigenvalue weighted by Gasteiger charge is 2.43. The van der Waals surface area contributed by atoms with Crippen LogP contribution in [-0.4, -0.2) is 13.0 Å². The zero-order chi connectivity index (χ0) is 7.72. The Morgan fingerprint density at radius 2 is 2.20 bits per heavy atom. The zero-order valence-corrected chi connectivity index (χ0v) is 6.85. The number of rotatable bonds is 2. The van der Waals surface area contributed by atoms with E-state index in [1.807, 2.05) is 0 Å². The Morgan fingerprint density at radius 3 is 2.50 bits per heavy atom. The van der Waals surface area contributed by atoms with Crippen molar-refractivity contribution in [1.82, 2.24) is 5.32 Å². The molecule has 1 saturated carbocycles. The van der Waals surface area contributed by atoms with Crippen molar-refractivity contribution in [1.29, 1.82) is 0 Å². The van der Waals surface area contributed by atoms with E-state index in [4.69, 9.17) is 0 Å². The molecule has 0 saturated heterocycles. The van der Waals surface area contributed by atoms with Crippen molar-refractivity contribution < 1.29 is 4.79 Å². The van der Waals surface area contributed by atoms with Gasteiger partial charge in [0.05, 0.1) is 0 Å². The molecule has 1 aliphatic rings. The summed E-state index contributed by atoms with van der Waals surface area (Å²) in [4.78, 5) is 11.0. The second-order valence-corrected chi connectivity index (χ2v) is 3.36. The molecule has 10 heavy (non-hydrogen) atoms. The molecular formula is C8H15NO. The summed E-state index contributed by atoms with van der Waals surface area (Å²) < 4.78 is 0. The fourth-order valence-electron chi connectivity index (χ4n) is 1.44. The summed E-state index contributed by atoms with van der Waals surface area (Å²) in [6, 6.07) is 0. The van der Waals surface area contributed by atoms with Gasteiger partial charge in [0.2, 0.25) is 5.91 Å². The Labute approximate surface area is 62.0 Å². The standard InChI is InChI=1S/C8H15NO/c1-5(2)6-4-7(6)8(10)9-3/h5-7H,4H2,1-3H3,(H,9,10). The van der Waals surface area contributed by atoms with E-state index in [0.717, 1.165) is 6.42 Å². The first kappa shape index (κ1) is 7.58. The predicted molar refractivity (Wildman–Crippen MR) is 40.5 cm³/mol. The summed E-state index contributed by atoms with van der Waals surface area (Å²) in [6.07, 6.45) is 1.09. The number of hydrogen-bond acceptors (Lipinski definition) is 1. The summed E-state index contributed by atoms with van der Waals surface area (Å²) in [5, 5.41) is 2.67. The van der Waals surface area contributed by atoms with Gasteiger partial charge in [0.1, 0.15) is 0 Å². The molecule has 0 spiro atoms. The van der Waals surface area contributed by atoms with Crippen LogP contribution >= 0.6 is 0 Å². The Hall–Kier alpha value is -0.530. The zero-order valence-electron chi connectivity index (χ0n) is 6.85. The molecule has 2 nitrogen and oxygen atoms in total. The lowest BCUT2D eigenvalue weighted by Crippen LogP contribution is -2.21. The lowest BCUT2D eigenvalue weighted by Gasteiger charge is -2.01. The van der Waals surface area contributed by atoms with Gasteiger partial charge in [-0.25, -0.2) is 0 Å². The van der Waals surface area contributed by atoms with Gasteiger partial charge in [-0.3, -0.25) is 4.79 Å². The second-order valence-electron chi connectivity index (χ2n) is 3.36. The third-order valence-corrected chi connectivity index (χ3v) is 2.28. The molecule has 1 N–H and O–H groups in total. The third-order valence-electron chi connectivity index (χ3n) is 2.28. The molecule has 2 atom stereocenters.